The Labute approximate surface area is 216 Å². The number of alkyl halides is 3. The van der Waals surface area contributed by atoms with E-state index in [4.69, 9.17) is 4.74 Å². The van der Waals surface area contributed by atoms with Crippen LogP contribution in [0.15, 0.2) is 24.4 Å². The number of nitrogens with one attached hydrogen (secondary N) is 1. The number of amides is 2. The lowest BCUT2D eigenvalue weighted by Crippen LogP contribution is -2.32. The minimum absolute atomic E-state index is 0.0895. The lowest BCUT2D eigenvalue weighted by atomic mass is 9.82. The fraction of sp³-hybridized carbons (Fsp3) is 0.462. The Bertz CT molecular complexity index is 1400. The van der Waals surface area contributed by atoms with Crippen LogP contribution in [0.4, 0.5) is 13.2 Å². The van der Waals surface area contributed by atoms with Crippen molar-refractivity contribution in [3.63, 3.8) is 0 Å². The number of rotatable bonds is 5. The molecule has 1 N–H and O–H groups in total. The minimum atomic E-state index is -4.63. The predicted octanol–water partition coefficient (Wildman–Crippen LogP) is 4.96. The standard InChI is InChI=1S/C26H27F3N4O3S/c1-13-23(34)33(24(35)25(13,3)4)12-16-9-19-22(37-16)17(6-8-31-19)18-10-20(26(27,28)29)32-14(2)21(18)36-15-5-7-30-11-15/h6,8-10,13,15,30H,5,7,11-12H2,1-4H3. The van der Waals surface area contributed by atoms with Crippen LogP contribution in [0.1, 0.15) is 43.5 Å². The van der Waals surface area contributed by atoms with Crippen molar-refractivity contribution in [2.75, 3.05) is 13.1 Å². The number of halogens is 3. The van der Waals surface area contributed by atoms with E-state index in [-0.39, 0.29) is 35.7 Å². The molecule has 7 nitrogen and oxygen atoms in total. The molecule has 0 saturated carbocycles. The summed E-state index contributed by atoms with van der Waals surface area (Å²) in [6.07, 6.45) is -2.53. The first-order valence-corrected chi connectivity index (χ1v) is 12.9. The van der Waals surface area contributed by atoms with Crippen LogP contribution in [-0.2, 0) is 22.3 Å². The van der Waals surface area contributed by atoms with Crippen LogP contribution in [0, 0.1) is 18.3 Å². The summed E-state index contributed by atoms with van der Waals surface area (Å²) in [7, 11) is 0. The second-order valence-corrected chi connectivity index (χ2v) is 11.3. The molecule has 0 radical (unpaired) electrons. The van der Waals surface area contributed by atoms with Crippen LogP contribution in [0.2, 0.25) is 0 Å². The molecule has 37 heavy (non-hydrogen) atoms. The number of pyridine rings is 2. The maximum atomic E-state index is 13.7. The van der Waals surface area contributed by atoms with Gasteiger partial charge in [-0.25, -0.2) is 4.98 Å². The van der Waals surface area contributed by atoms with Gasteiger partial charge in [-0.3, -0.25) is 19.5 Å². The highest BCUT2D eigenvalue weighted by molar-refractivity contribution is 7.19. The number of aryl methyl sites for hydroxylation is 1. The van der Waals surface area contributed by atoms with Gasteiger partial charge in [-0.05, 0) is 38.1 Å². The van der Waals surface area contributed by atoms with Crippen LogP contribution < -0.4 is 10.1 Å². The van der Waals surface area contributed by atoms with E-state index in [9.17, 15) is 22.8 Å². The third kappa shape index (κ3) is 4.48. The van der Waals surface area contributed by atoms with E-state index in [1.807, 2.05) is 0 Å². The number of carbonyl (C=O) groups excluding carboxylic acids is 2. The number of imide groups is 1. The second-order valence-electron chi connectivity index (χ2n) is 10.2. The van der Waals surface area contributed by atoms with Gasteiger partial charge in [0.25, 0.3) is 0 Å². The molecule has 196 valence electrons. The maximum absolute atomic E-state index is 13.7. The molecule has 0 spiro atoms. The summed E-state index contributed by atoms with van der Waals surface area (Å²) in [6, 6.07) is 4.46. The third-order valence-electron chi connectivity index (χ3n) is 7.31. The Balaban J connectivity index is 1.59. The molecule has 2 unspecified atom stereocenters. The average Bonchev–Trinajstić information content (AvgIpc) is 3.53. The van der Waals surface area contributed by atoms with E-state index in [2.05, 4.69) is 15.3 Å². The number of fused-ring (bicyclic) bond motifs is 1. The van der Waals surface area contributed by atoms with E-state index in [0.717, 1.165) is 19.0 Å². The van der Waals surface area contributed by atoms with Gasteiger partial charge in [0, 0.05) is 34.7 Å². The molecule has 5 heterocycles. The van der Waals surface area contributed by atoms with Crippen molar-refractivity contribution < 1.29 is 27.5 Å². The summed E-state index contributed by atoms with van der Waals surface area (Å²) in [5, 5.41) is 3.20. The molecule has 0 aromatic carbocycles. The number of aromatic nitrogens is 2. The van der Waals surface area contributed by atoms with Crippen molar-refractivity contribution in [3.05, 3.63) is 40.7 Å². The molecule has 5 rings (SSSR count). The zero-order chi connectivity index (χ0) is 26.7. The van der Waals surface area contributed by atoms with Gasteiger partial charge >= 0.3 is 6.18 Å². The second kappa shape index (κ2) is 9.05. The Morgan fingerprint density at radius 1 is 1.24 bits per heavy atom. The fourth-order valence-electron chi connectivity index (χ4n) is 4.81. The number of thiophene rings is 1. The largest absolute Gasteiger partial charge is 0.486 e. The van der Waals surface area contributed by atoms with Gasteiger partial charge < -0.3 is 10.1 Å². The van der Waals surface area contributed by atoms with Crippen molar-refractivity contribution in [3.8, 4) is 16.9 Å². The molecular formula is C26H27F3N4O3S. The highest BCUT2D eigenvalue weighted by Crippen LogP contribution is 2.44. The molecule has 0 bridgehead atoms. The molecule has 2 atom stereocenters. The lowest BCUT2D eigenvalue weighted by molar-refractivity contribution is -0.142. The van der Waals surface area contributed by atoms with Gasteiger partial charge in [0.2, 0.25) is 11.8 Å². The Morgan fingerprint density at radius 2 is 2.00 bits per heavy atom. The number of likely N-dealkylation sites (tertiary alicyclic amines) is 1. The molecule has 0 aliphatic carbocycles. The van der Waals surface area contributed by atoms with Crippen LogP contribution in [-0.4, -0.2) is 45.9 Å². The van der Waals surface area contributed by atoms with Crippen molar-refractivity contribution in [2.45, 2.75) is 52.9 Å². The summed E-state index contributed by atoms with van der Waals surface area (Å²) in [5.41, 5.74) is -0.241. The van der Waals surface area contributed by atoms with E-state index < -0.39 is 23.2 Å². The summed E-state index contributed by atoms with van der Waals surface area (Å²) in [5.74, 6) is -0.602. The van der Waals surface area contributed by atoms with Gasteiger partial charge in [-0.1, -0.05) is 20.8 Å². The summed E-state index contributed by atoms with van der Waals surface area (Å²) < 4.78 is 48.0. The SMILES string of the molecule is Cc1nc(C(F)(F)F)cc(-c2ccnc3cc(CN4C(=O)C(C)C(C)(C)C4=O)sc23)c1OC1CCNC1. The first-order valence-electron chi connectivity index (χ1n) is 12.1. The molecule has 2 aliphatic heterocycles. The molecule has 2 amide bonds. The van der Waals surface area contributed by atoms with Crippen LogP contribution >= 0.6 is 11.3 Å². The zero-order valence-electron chi connectivity index (χ0n) is 20.9. The van der Waals surface area contributed by atoms with Gasteiger partial charge in [-0.2, -0.15) is 13.2 Å². The number of nitrogens with zero attached hydrogens (tertiary/aromatic N) is 3. The molecular weight excluding hydrogens is 505 g/mol. The Hall–Kier alpha value is -3.05. The van der Waals surface area contributed by atoms with Gasteiger partial charge in [-0.15, -0.1) is 11.3 Å². The molecule has 3 aromatic heterocycles. The van der Waals surface area contributed by atoms with Crippen LogP contribution in [0.3, 0.4) is 0 Å². The number of hydrogen-bond donors (Lipinski definition) is 1. The summed E-state index contributed by atoms with van der Waals surface area (Å²) in [4.78, 5) is 35.8. The first kappa shape index (κ1) is 25.6. The van der Waals surface area contributed by atoms with E-state index in [0.29, 0.717) is 33.0 Å². The lowest BCUT2D eigenvalue weighted by Gasteiger charge is -2.20. The monoisotopic (exact) mass is 532 g/mol. The molecule has 11 heteroatoms. The van der Waals surface area contributed by atoms with Gasteiger partial charge in [0.15, 0.2) is 0 Å². The highest BCUT2D eigenvalue weighted by atomic mass is 32.1. The highest BCUT2D eigenvalue weighted by Gasteiger charge is 2.51. The Kier molecular flexibility index (Phi) is 6.26. The van der Waals surface area contributed by atoms with Gasteiger partial charge in [0.1, 0.15) is 17.5 Å². The molecule has 2 saturated heterocycles. The van der Waals surface area contributed by atoms with Crippen molar-refractivity contribution in [2.24, 2.45) is 11.3 Å². The summed E-state index contributed by atoms with van der Waals surface area (Å²) in [6.45, 7) is 8.23. The quantitative estimate of drug-likeness (QED) is 0.468. The smallest absolute Gasteiger partial charge is 0.433 e. The van der Waals surface area contributed by atoms with Crippen molar-refractivity contribution in [1.82, 2.24) is 20.2 Å². The summed E-state index contributed by atoms with van der Waals surface area (Å²) >= 11 is 1.30. The fourth-order valence-corrected chi connectivity index (χ4v) is 5.94. The van der Waals surface area contributed by atoms with Gasteiger partial charge in [0.05, 0.1) is 27.9 Å². The number of ether oxygens (including phenoxy) is 1. The Morgan fingerprint density at radius 3 is 2.62 bits per heavy atom. The van der Waals surface area contributed by atoms with E-state index >= 15 is 0 Å². The maximum Gasteiger partial charge on any atom is 0.433 e. The van der Waals surface area contributed by atoms with Crippen molar-refractivity contribution >= 4 is 33.4 Å². The molecule has 2 aliphatic rings. The van der Waals surface area contributed by atoms with Crippen LogP contribution in [0.5, 0.6) is 5.75 Å². The molecule has 3 aromatic rings. The number of carbonyl (C=O) groups is 2. The zero-order valence-corrected chi connectivity index (χ0v) is 21.7. The van der Waals surface area contributed by atoms with E-state index in [1.54, 1.807) is 32.9 Å². The third-order valence-corrected chi connectivity index (χ3v) is 8.46. The number of hydrogen-bond acceptors (Lipinski definition) is 7. The van der Waals surface area contributed by atoms with Crippen molar-refractivity contribution in [1.29, 1.82) is 0 Å². The predicted molar refractivity (Wildman–Crippen MR) is 133 cm³/mol. The van der Waals surface area contributed by atoms with E-state index in [1.165, 1.54) is 29.4 Å². The minimum Gasteiger partial charge on any atom is -0.486 e. The normalized spacial score (nSPS) is 21.9. The molecule has 2 fully saturated rings. The van der Waals surface area contributed by atoms with Crippen LogP contribution in [0.25, 0.3) is 21.3 Å². The average molecular weight is 533 g/mol. The topological polar surface area (TPSA) is 84.4 Å². The first-order chi connectivity index (χ1) is 17.4.